The molecule has 1 atom stereocenters. The summed E-state index contributed by atoms with van der Waals surface area (Å²) in [6.45, 7) is 0.948. The number of carboxylic acids is 1. The van der Waals surface area contributed by atoms with Crippen LogP contribution < -0.4 is 5.32 Å². The van der Waals surface area contributed by atoms with Crippen LogP contribution in [0.5, 0.6) is 0 Å². The molecule has 0 spiro atoms. The van der Waals surface area contributed by atoms with Gasteiger partial charge in [-0.3, -0.25) is 10.1 Å². The lowest BCUT2D eigenvalue weighted by atomic mass is 10.1. The van der Waals surface area contributed by atoms with Gasteiger partial charge in [0.15, 0.2) is 0 Å². The van der Waals surface area contributed by atoms with E-state index in [0.29, 0.717) is 19.2 Å². The standard InChI is InChI=1S/C12H13FN2O5/c13-9-5-11(15(18)19)10(4-8(9)12(16)17)14-6-7-2-1-3-20-7/h4-5,7,14H,1-3,6H2,(H,16,17). The number of halogens is 1. The molecule has 1 fully saturated rings. The van der Waals surface area contributed by atoms with E-state index in [1.807, 2.05) is 0 Å². The highest BCUT2D eigenvalue weighted by Gasteiger charge is 2.23. The molecular weight excluding hydrogens is 271 g/mol. The van der Waals surface area contributed by atoms with Crippen molar-refractivity contribution in [3.05, 3.63) is 33.6 Å². The average Bonchev–Trinajstić information content (AvgIpc) is 2.89. The Morgan fingerprint density at radius 1 is 1.60 bits per heavy atom. The van der Waals surface area contributed by atoms with Gasteiger partial charge in [0.1, 0.15) is 11.5 Å². The van der Waals surface area contributed by atoms with Gasteiger partial charge in [-0.1, -0.05) is 0 Å². The number of aromatic carboxylic acids is 1. The van der Waals surface area contributed by atoms with Gasteiger partial charge in [0.25, 0.3) is 5.69 Å². The minimum atomic E-state index is -1.47. The molecule has 1 aliphatic heterocycles. The fourth-order valence-electron chi connectivity index (χ4n) is 2.05. The zero-order valence-corrected chi connectivity index (χ0v) is 10.5. The van der Waals surface area contributed by atoms with Crippen LogP contribution in [0.3, 0.4) is 0 Å². The van der Waals surface area contributed by atoms with Gasteiger partial charge in [-0.2, -0.15) is 0 Å². The Hall–Kier alpha value is -2.22. The molecule has 20 heavy (non-hydrogen) atoms. The van der Waals surface area contributed by atoms with Crippen LogP contribution in [0.25, 0.3) is 0 Å². The number of nitrogens with zero attached hydrogens (tertiary/aromatic N) is 1. The van der Waals surface area contributed by atoms with Crippen molar-refractivity contribution in [1.82, 2.24) is 0 Å². The Balaban J connectivity index is 2.25. The van der Waals surface area contributed by atoms with E-state index in [1.54, 1.807) is 0 Å². The van der Waals surface area contributed by atoms with Crippen molar-refractivity contribution < 1.29 is 24.0 Å². The third-order valence-corrected chi connectivity index (χ3v) is 3.06. The van der Waals surface area contributed by atoms with Gasteiger partial charge < -0.3 is 15.2 Å². The van der Waals surface area contributed by atoms with E-state index in [0.717, 1.165) is 18.9 Å². The van der Waals surface area contributed by atoms with Gasteiger partial charge in [0, 0.05) is 13.2 Å². The molecule has 0 radical (unpaired) electrons. The van der Waals surface area contributed by atoms with Crippen LogP contribution in [-0.2, 0) is 4.74 Å². The number of rotatable bonds is 5. The third kappa shape index (κ3) is 3.02. The number of hydrogen-bond donors (Lipinski definition) is 2. The normalized spacial score (nSPS) is 17.9. The first kappa shape index (κ1) is 14.2. The summed E-state index contributed by atoms with van der Waals surface area (Å²) in [5.41, 5.74) is -1.12. The molecule has 7 nitrogen and oxygen atoms in total. The number of ether oxygens (including phenoxy) is 1. The van der Waals surface area contributed by atoms with Crippen LogP contribution in [-0.4, -0.2) is 35.3 Å². The number of carboxylic acid groups (broad SMARTS) is 1. The van der Waals surface area contributed by atoms with Crippen LogP contribution in [0.2, 0.25) is 0 Å². The Kier molecular flexibility index (Phi) is 4.14. The molecule has 1 unspecified atom stereocenters. The molecule has 108 valence electrons. The lowest BCUT2D eigenvalue weighted by Crippen LogP contribution is -2.19. The van der Waals surface area contributed by atoms with Gasteiger partial charge in [0.05, 0.1) is 22.7 Å². The van der Waals surface area contributed by atoms with Crippen LogP contribution >= 0.6 is 0 Å². The van der Waals surface area contributed by atoms with Crippen LogP contribution in [0.15, 0.2) is 12.1 Å². The maximum atomic E-state index is 13.4. The van der Waals surface area contributed by atoms with Gasteiger partial charge in [-0.05, 0) is 18.9 Å². The fraction of sp³-hybridized carbons (Fsp3) is 0.417. The fourth-order valence-corrected chi connectivity index (χ4v) is 2.05. The number of hydrogen-bond acceptors (Lipinski definition) is 5. The smallest absolute Gasteiger partial charge is 0.338 e. The quantitative estimate of drug-likeness (QED) is 0.633. The molecule has 0 saturated carbocycles. The van der Waals surface area contributed by atoms with Crippen molar-refractivity contribution in [3.8, 4) is 0 Å². The highest BCUT2D eigenvalue weighted by Crippen LogP contribution is 2.28. The van der Waals surface area contributed by atoms with Gasteiger partial charge in [0.2, 0.25) is 0 Å². The second-order valence-corrected chi connectivity index (χ2v) is 4.43. The molecule has 1 aliphatic rings. The van der Waals surface area contributed by atoms with Gasteiger partial charge in [-0.25, -0.2) is 9.18 Å². The predicted molar refractivity (Wildman–Crippen MR) is 67.5 cm³/mol. The molecule has 1 aromatic rings. The average molecular weight is 284 g/mol. The highest BCUT2D eigenvalue weighted by molar-refractivity contribution is 5.90. The predicted octanol–water partition coefficient (Wildman–Crippen LogP) is 2.02. The molecule has 0 bridgehead atoms. The van der Waals surface area contributed by atoms with E-state index >= 15 is 0 Å². The molecule has 0 aromatic heterocycles. The second-order valence-electron chi connectivity index (χ2n) is 4.43. The van der Waals surface area contributed by atoms with E-state index in [-0.39, 0.29) is 11.8 Å². The maximum Gasteiger partial charge on any atom is 0.338 e. The Bertz CT molecular complexity index is 543. The summed E-state index contributed by atoms with van der Waals surface area (Å²) in [7, 11) is 0. The first-order valence-electron chi connectivity index (χ1n) is 6.05. The molecule has 8 heteroatoms. The number of nitro benzene ring substituents is 1. The summed E-state index contributed by atoms with van der Waals surface area (Å²) in [4.78, 5) is 21.0. The lowest BCUT2D eigenvalue weighted by molar-refractivity contribution is -0.384. The summed E-state index contributed by atoms with van der Waals surface area (Å²) < 4.78 is 18.8. The van der Waals surface area contributed by atoms with Crippen molar-refractivity contribution >= 4 is 17.3 Å². The van der Waals surface area contributed by atoms with Gasteiger partial charge >= 0.3 is 5.97 Å². The number of anilines is 1. The maximum absolute atomic E-state index is 13.4. The molecule has 0 aliphatic carbocycles. The van der Waals surface area contributed by atoms with E-state index in [2.05, 4.69) is 5.32 Å². The van der Waals surface area contributed by atoms with E-state index in [1.165, 1.54) is 0 Å². The molecule has 2 N–H and O–H groups in total. The summed E-state index contributed by atoms with van der Waals surface area (Å²) in [5.74, 6) is -2.61. The molecular formula is C12H13FN2O5. The van der Waals surface area contributed by atoms with Crippen LogP contribution in [0.4, 0.5) is 15.8 Å². The number of nitrogens with one attached hydrogen (secondary N) is 1. The summed E-state index contributed by atoms with van der Waals surface area (Å²) in [6, 6.07) is 1.55. The Morgan fingerprint density at radius 3 is 2.90 bits per heavy atom. The second kappa shape index (κ2) is 5.83. The van der Waals surface area contributed by atoms with Crippen molar-refractivity contribution in [2.45, 2.75) is 18.9 Å². The molecule has 2 rings (SSSR count). The Morgan fingerprint density at radius 2 is 2.35 bits per heavy atom. The number of carbonyl (C=O) groups is 1. The van der Waals surface area contributed by atoms with E-state index in [9.17, 15) is 19.3 Å². The number of benzene rings is 1. The van der Waals surface area contributed by atoms with Crippen molar-refractivity contribution in [2.75, 3.05) is 18.5 Å². The van der Waals surface area contributed by atoms with Crippen LogP contribution in [0, 0.1) is 15.9 Å². The molecule has 1 saturated heterocycles. The van der Waals surface area contributed by atoms with E-state index < -0.39 is 28.0 Å². The van der Waals surface area contributed by atoms with E-state index in [4.69, 9.17) is 9.84 Å². The summed E-state index contributed by atoms with van der Waals surface area (Å²) in [6.07, 6.45) is 1.67. The SMILES string of the molecule is O=C(O)c1cc(NCC2CCCO2)c([N+](=O)[O-])cc1F. The Labute approximate surface area is 113 Å². The first-order chi connectivity index (χ1) is 9.49. The number of nitro groups is 1. The van der Waals surface area contributed by atoms with Crippen LogP contribution in [0.1, 0.15) is 23.2 Å². The van der Waals surface area contributed by atoms with Gasteiger partial charge in [-0.15, -0.1) is 0 Å². The molecule has 1 aromatic carbocycles. The minimum Gasteiger partial charge on any atom is -0.478 e. The zero-order chi connectivity index (χ0) is 14.7. The lowest BCUT2D eigenvalue weighted by Gasteiger charge is -2.12. The first-order valence-corrected chi connectivity index (χ1v) is 6.05. The topological polar surface area (TPSA) is 102 Å². The highest BCUT2D eigenvalue weighted by atomic mass is 19.1. The monoisotopic (exact) mass is 284 g/mol. The largest absolute Gasteiger partial charge is 0.478 e. The van der Waals surface area contributed by atoms with Crippen molar-refractivity contribution in [1.29, 1.82) is 0 Å². The zero-order valence-electron chi connectivity index (χ0n) is 10.5. The summed E-state index contributed by atoms with van der Waals surface area (Å²) in [5, 5.41) is 22.5. The third-order valence-electron chi connectivity index (χ3n) is 3.06. The minimum absolute atomic E-state index is 0.0238. The molecule has 0 amide bonds. The molecule has 1 heterocycles. The van der Waals surface area contributed by atoms with Crippen molar-refractivity contribution in [3.63, 3.8) is 0 Å². The summed E-state index contributed by atoms with van der Waals surface area (Å²) >= 11 is 0. The van der Waals surface area contributed by atoms with Crippen molar-refractivity contribution in [2.24, 2.45) is 0 Å².